The lowest BCUT2D eigenvalue weighted by Crippen LogP contribution is -2.41. The summed E-state index contributed by atoms with van der Waals surface area (Å²) >= 11 is 0. The van der Waals surface area contributed by atoms with Gasteiger partial charge in [-0.3, -0.25) is 9.69 Å². The van der Waals surface area contributed by atoms with Crippen molar-refractivity contribution in [2.24, 2.45) is 10.7 Å². The molecule has 1 heterocycles. The van der Waals surface area contributed by atoms with E-state index in [1.807, 2.05) is 0 Å². The van der Waals surface area contributed by atoms with Crippen molar-refractivity contribution in [2.45, 2.75) is 24.7 Å². The molecule has 2 aromatic rings. The highest BCUT2D eigenvalue weighted by Gasteiger charge is 2.49. The maximum atomic E-state index is 13.1. The Morgan fingerprint density at radius 1 is 1.14 bits per heavy atom. The van der Waals surface area contributed by atoms with Gasteiger partial charge < -0.3 is 10.5 Å². The van der Waals surface area contributed by atoms with Crippen LogP contribution < -0.4 is 10.5 Å². The van der Waals surface area contributed by atoms with Crippen LogP contribution >= 0.6 is 0 Å². The molecule has 29 heavy (non-hydrogen) atoms. The van der Waals surface area contributed by atoms with Gasteiger partial charge in [0.05, 0.1) is 6.42 Å². The predicted molar refractivity (Wildman–Crippen MR) is 94.4 cm³/mol. The molecule has 1 unspecified atom stereocenters. The number of carbonyl (C=O) groups is 1. The minimum absolute atomic E-state index is 0.0526. The molecular formula is C19H16F5N3O2. The van der Waals surface area contributed by atoms with E-state index in [9.17, 15) is 26.7 Å². The predicted octanol–water partition coefficient (Wildman–Crippen LogP) is 3.42. The summed E-state index contributed by atoms with van der Waals surface area (Å²) in [4.78, 5) is 18.4. The number of ether oxygens (including phenoxy) is 1. The van der Waals surface area contributed by atoms with E-state index in [1.54, 1.807) is 0 Å². The van der Waals surface area contributed by atoms with Crippen molar-refractivity contribution in [1.29, 1.82) is 0 Å². The van der Waals surface area contributed by atoms with Crippen LogP contribution in [-0.2, 0) is 16.8 Å². The van der Waals surface area contributed by atoms with Crippen molar-refractivity contribution in [3.05, 3.63) is 65.2 Å². The Labute approximate surface area is 162 Å². The molecule has 0 spiro atoms. The topological polar surface area (TPSA) is 67.9 Å². The second kappa shape index (κ2) is 7.34. The quantitative estimate of drug-likeness (QED) is 0.764. The van der Waals surface area contributed by atoms with E-state index in [4.69, 9.17) is 5.73 Å². The third-order valence-electron chi connectivity index (χ3n) is 4.49. The largest absolute Gasteiger partial charge is 0.435 e. The molecule has 0 aliphatic carbocycles. The van der Waals surface area contributed by atoms with Crippen LogP contribution in [0.25, 0.3) is 0 Å². The Morgan fingerprint density at radius 2 is 1.79 bits per heavy atom. The zero-order valence-corrected chi connectivity index (χ0v) is 15.1. The number of carbonyl (C=O) groups excluding carboxylic acids is 1. The standard InChI is InChI=1S/C19H16F5N3O2/c1-27-15(28)19(26-17(27)25,12-5-7-14(8-6-12)29-16(20)21)13-4-2-3-11(9-13)10-18(22,23)24/h2-9,16H,10H2,1H3,(H2,25,26). The van der Waals surface area contributed by atoms with Crippen LogP contribution in [0.5, 0.6) is 5.75 Å². The number of rotatable bonds is 5. The van der Waals surface area contributed by atoms with Gasteiger partial charge in [0.2, 0.25) is 0 Å². The summed E-state index contributed by atoms with van der Waals surface area (Å²) in [6.45, 7) is -3.03. The number of amides is 1. The van der Waals surface area contributed by atoms with Crippen molar-refractivity contribution in [2.75, 3.05) is 7.05 Å². The SMILES string of the molecule is CN1C(=O)C(c2ccc(OC(F)F)cc2)(c2cccc(CC(F)(F)F)c2)N=C1N. The number of hydrogen-bond donors (Lipinski definition) is 1. The summed E-state index contributed by atoms with van der Waals surface area (Å²) in [5, 5.41) is 0. The van der Waals surface area contributed by atoms with E-state index in [0.29, 0.717) is 0 Å². The van der Waals surface area contributed by atoms with Crippen LogP contribution in [0.2, 0.25) is 0 Å². The summed E-state index contributed by atoms with van der Waals surface area (Å²) in [6.07, 6.45) is -5.61. The van der Waals surface area contributed by atoms with E-state index >= 15 is 0 Å². The summed E-state index contributed by atoms with van der Waals surface area (Å²) in [7, 11) is 1.39. The van der Waals surface area contributed by atoms with Gasteiger partial charge in [0.1, 0.15) is 5.75 Å². The molecule has 1 atom stereocenters. The number of nitrogens with zero attached hydrogens (tertiary/aromatic N) is 2. The van der Waals surface area contributed by atoms with Gasteiger partial charge in [0, 0.05) is 7.05 Å². The average molecular weight is 413 g/mol. The van der Waals surface area contributed by atoms with Gasteiger partial charge in [-0.1, -0.05) is 36.4 Å². The normalized spacial score (nSPS) is 19.6. The van der Waals surface area contributed by atoms with E-state index in [2.05, 4.69) is 9.73 Å². The number of likely N-dealkylation sites (N-methyl/N-ethyl adjacent to an activating group) is 1. The molecule has 154 valence electrons. The monoisotopic (exact) mass is 413 g/mol. The van der Waals surface area contributed by atoms with Gasteiger partial charge in [-0.15, -0.1) is 0 Å². The van der Waals surface area contributed by atoms with Gasteiger partial charge in [0.25, 0.3) is 5.91 Å². The first-order valence-corrected chi connectivity index (χ1v) is 8.38. The molecule has 0 bridgehead atoms. The number of aliphatic imine (C=N–C) groups is 1. The minimum atomic E-state index is -4.43. The van der Waals surface area contributed by atoms with E-state index < -0.39 is 30.7 Å². The summed E-state index contributed by atoms with van der Waals surface area (Å²) in [5.74, 6) is -0.841. The van der Waals surface area contributed by atoms with Crippen LogP contribution in [0.1, 0.15) is 16.7 Å². The van der Waals surface area contributed by atoms with E-state index in [-0.39, 0.29) is 28.4 Å². The van der Waals surface area contributed by atoms with Crippen LogP contribution in [0, 0.1) is 0 Å². The lowest BCUT2D eigenvalue weighted by molar-refractivity contribution is -0.129. The zero-order valence-electron chi connectivity index (χ0n) is 15.1. The lowest BCUT2D eigenvalue weighted by atomic mass is 9.82. The highest BCUT2D eigenvalue weighted by Crippen LogP contribution is 2.40. The van der Waals surface area contributed by atoms with Crippen LogP contribution in [0.4, 0.5) is 22.0 Å². The van der Waals surface area contributed by atoms with Crippen molar-refractivity contribution >= 4 is 11.9 Å². The average Bonchev–Trinajstić information content (AvgIpc) is 2.86. The van der Waals surface area contributed by atoms with Crippen molar-refractivity contribution in [3.63, 3.8) is 0 Å². The number of hydrogen-bond acceptors (Lipinski definition) is 4. The zero-order chi connectivity index (χ0) is 21.4. The molecule has 0 radical (unpaired) electrons. The van der Waals surface area contributed by atoms with Gasteiger partial charge in [-0.2, -0.15) is 22.0 Å². The number of benzene rings is 2. The van der Waals surface area contributed by atoms with Crippen LogP contribution in [0.15, 0.2) is 53.5 Å². The highest BCUT2D eigenvalue weighted by molar-refractivity contribution is 6.08. The fraction of sp³-hybridized carbons (Fsp3) is 0.263. The number of guanidine groups is 1. The van der Waals surface area contributed by atoms with E-state index in [0.717, 1.165) is 4.90 Å². The first-order chi connectivity index (χ1) is 13.5. The fourth-order valence-corrected chi connectivity index (χ4v) is 3.20. The number of nitrogens with two attached hydrogens (primary N) is 1. The Morgan fingerprint density at radius 3 is 2.31 bits per heavy atom. The molecular weight excluding hydrogens is 397 g/mol. The second-order valence-electron chi connectivity index (χ2n) is 6.44. The minimum Gasteiger partial charge on any atom is -0.435 e. The van der Waals surface area contributed by atoms with Gasteiger partial charge in [0.15, 0.2) is 11.5 Å². The highest BCUT2D eigenvalue weighted by atomic mass is 19.4. The maximum Gasteiger partial charge on any atom is 0.393 e. The molecule has 0 saturated heterocycles. The molecule has 0 fully saturated rings. The third kappa shape index (κ3) is 4.01. The second-order valence-corrected chi connectivity index (χ2v) is 6.44. The van der Waals surface area contributed by atoms with Crippen LogP contribution in [-0.4, -0.2) is 36.6 Å². The van der Waals surface area contributed by atoms with Crippen LogP contribution in [0.3, 0.4) is 0 Å². The molecule has 2 aromatic carbocycles. The molecule has 1 amide bonds. The van der Waals surface area contributed by atoms with Crippen molar-refractivity contribution in [1.82, 2.24) is 4.90 Å². The van der Waals surface area contributed by atoms with Crippen molar-refractivity contribution < 1.29 is 31.5 Å². The van der Waals surface area contributed by atoms with Crippen molar-refractivity contribution in [3.8, 4) is 5.75 Å². The fourth-order valence-electron chi connectivity index (χ4n) is 3.20. The summed E-state index contributed by atoms with van der Waals surface area (Å²) in [5.41, 5.74) is 4.45. The molecule has 0 aromatic heterocycles. The lowest BCUT2D eigenvalue weighted by Gasteiger charge is -2.26. The van der Waals surface area contributed by atoms with Gasteiger partial charge >= 0.3 is 12.8 Å². The molecule has 10 heteroatoms. The summed E-state index contributed by atoms with van der Waals surface area (Å²) in [6, 6.07) is 10.5. The maximum absolute atomic E-state index is 13.1. The Balaban J connectivity index is 2.12. The summed E-state index contributed by atoms with van der Waals surface area (Å²) < 4.78 is 67.5. The Kier molecular flexibility index (Phi) is 5.20. The molecule has 2 N–H and O–H groups in total. The molecule has 1 aliphatic heterocycles. The van der Waals surface area contributed by atoms with Gasteiger partial charge in [-0.25, -0.2) is 4.99 Å². The van der Waals surface area contributed by atoms with Gasteiger partial charge in [-0.05, 0) is 28.8 Å². The molecule has 0 saturated carbocycles. The Bertz CT molecular complexity index is 944. The molecule has 5 nitrogen and oxygen atoms in total. The number of alkyl halides is 5. The number of halogens is 5. The smallest absolute Gasteiger partial charge is 0.393 e. The molecule has 3 rings (SSSR count). The first-order valence-electron chi connectivity index (χ1n) is 8.38. The Hall–Kier alpha value is -3.17. The first kappa shape index (κ1) is 20.6. The third-order valence-corrected chi connectivity index (χ3v) is 4.49. The molecule has 1 aliphatic rings. The van der Waals surface area contributed by atoms with E-state index in [1.165, 1.54) is 55.6 Å².